The van der Waals surface area contributed by atoms with Gasteiger partial charge in [0.2, 0.25) is 0 Å². The number of anilines is 2. The second kappa shape index (κ2) is 13.5. The third kappa shape index (κ3) is 5.30. The van der Waals surface area contributed by atoms with Crippen LogP contribution in [0.4, 0.5) is 11.4 Å². The van der Waals surface area contributed by atoms with Crippen molar-refractivity contribution < 1.29 is 0 Å². The number of thiophene rings is 1. The number of benzene rings is 8. The van der Waals surface area contributed by atoms with Crippen LogP contribution in [0, 0.1) is 0 Å². The van der Waals surface area contributed by atoms with Gasteiger partial charge in [-0.15, -0.1) is 11.3 Å². The zero-order valence-electron chi connectivity index (χ0n) is 29.8. The van der Waals surface area contributed by atoms with Crippen molar-refractivity contribution in [3.8, 4) is 22.3 Å². The first-order chi connectivity index (χ1) is 26.8. The highest BCUT2D eigenvalue weighted by atomic mass is 32.1. The molecule has 10 rings (SSSR count). The van der Waals surface area contributed by atoms with Gasteiger partial charge in [0.1, 0.15) is 5.54 Å². The van der Waals surface area contributed by atoms with Crippen LogP contribution in [0.1, 0.15) is 17.5 Å². The maximum absolute atomic E-state index is 2.64. The van der Waals surface area contributed by atoms with Crippen LogP contribution in [-0.2, 0) is 5.54 Å². The maximum atomic E-state index is 2.64. The highest BCUT2D eigenvalue weighted by molar-refractivity contribution is 7.25. The van der Waals surface area contributed by atoms with Crippen molar-refractivity contribution in [1.82, 2.24) is 0 Å². The van der Waals surface area contributed by atoms with Gasteiger partial charge >= 0.3 is 0 Å². The monoisotopic (exact) mass is 707 g/mol. The lowest BCUT2D eigenvalue weighted by atomic mass is 9.70. The van der Waals surface area contributed by atoms with Gasteiger partial charge in [-0.1, -0.05) is 182 Å². The average molecular weight is 708 g/mol. The van der Waals surface area contributed by atoms with Gasteiger partial charge in [0.05, 0.1) is 5.69 Å². The Bertz CT molecular complexity index is 2840. The molecule has 9 aromatic rings. The molecule has 1 heterocycles. The third-order valence-corrected chi connectivity index (χ3v) is 12.2. The van der Waals surface area contributed by atoms with E-state index in [9.17, 15) is 0 Å². The highest BCUT2D eigenvalue weighted by Gasteiger charge is 2.45. The van der Waals surface area contributed by atoms with Crippen LogP contribution in [0.25, 0.3) is 58.8 Å². The number of hydrogen-bond acceptors (Lipinski definition) is 2. The summed E-state index contributed by atoms with van der Waals surface area (Å²) in [7, 11) is 0. The minimum atomic E-state index is -0.613. The molecule has 0 amide bonds. The van der Waals surface area contributed by atoms with Crippen LogP contribution in [0.3, 0.4) is 0 Å². The molecule has 1 aliphatic rings. The summed E-state index contributed by atoms with van der Waals surface area (Å²) < 4.78 is 2.64. The summed E-state index contributed by atoms with van der Waals surface area (Å²) in [6.07, 6.45) is 7.71. The van der Waals surface area contributed by atoms with Crippen LogP contribution in [0.2, 0.25) is 0 Å². The molecular formula is C52H37NS. The molecule has 54 heavy (non-hydrogen) atoms. The van der Waals surface area contributed by atoms with Crippen molar-refractivity contribution in [3.05, 3.63) is 223 Å². The molecule has 0 saturated carbocycles. The van der Waals surface area contributed by atoms with E-state index in [1.165, 1.54) is 75.6 Å². The van der Waals surface area contributed by atoms with Crippen molar-refractivity contribution >= 4 is 59.2 Å². The van der Waals surface area contributed by atoms with Crippen LogP contribution < -0.4 is 4.90 Å². The standard InChI is InChI=1S/C52H37NS/c1-3-17-37(18-4-1)42-23-9-11-28-47(42)52(36-14-13-27-46(52)40-20-5-2-6-21-40)53(48-29-15-22-38-19-7-8-24-43(38)48)41-34-32-39(33-35-41)44-26-16-31-50-51(44)45-25-10-12-30-49(45)54-50/h1-35H,36H2. The molecule has 8 aromatic carbocycles. The van der Waals surface area contributed by atoms with Gasteiger partial charge in [-0.05, 0) is 81.1 Å². The van der Waals surface area contributed by atoms with Crippen molar-refractivity contribution in [3.63, 3.8) is 0 Å². The first kappa shape index (κ1) is 32.2. The van der Waals surface area contributed by atoms with Crippen LogP contribution in [-0.4, -0.2) is 0 Å². The van der Waals surface area contributed by atoms with Crippen molar-refractivity contribution in [2.24, 2.45) is 0 Å². The summed E-state index contributed by atoms with van der Waals surface area (Å²) in [5, 5.41) is 5.09. The normalized spacial score (nSPS) is 15.4. The minimum absolute atomic E-state index is 0.613. The SMILES string of the molecule is C1=CCC(c2ccccc2-c2ccccc2)(N(c2ccc(-c3cccc4sc5ccccc5c34)cc2)c2cccc3ccccc23)C(c2ccccc2)=C1. The predicted molar refractivity (Wildman–Crippen MR) is 233 cm³/mol. The van der Waals surface area contributed by atoms with E-state index in [4.69, 9.17) is 0 Å². The largest absolute Gasteiger partial charge is 0.326 e. The van der Waals surface area contributed by atoms with Gasteiger partial charge in [0.25, 0.3) is 0 Å². The lowest BCUT2D eigenvalue weighted by molar-refractivity contribution is 0.569. The smallest absolute Gasteiger partial charge is 0.100 e. The Balaban J connectivity index is 1.26. The van der Waals surface area contributed by atoms with Gasteiger partial charge < -0.3 is 4.90 Å². The Labute approximate surface area is 320 Å². The lowest BCUT2D eigenvalue weighted by Gasteiger charge is -2.49. The molecule has 0 spiro atoms. The van der Waals surface area contributed by atoms with Crippen molar-refractivity contribution in [1.29, 1.82) is 0 Å². The Hall–Kier alpha value is -6.48. The molecule has 1 aromatic heterocycles. The Morgan fingerprint density at radius 3 is 1.91 bits per heavy atom. The van der Waals surface area contributed by atoms with Crippen LogP contribution in [0.15, 0.2) is 212 Å². The molecule has 0 radical (unpaired) electrons. The fraction of sp³-hybridized carbons (Fsp3) is 0.0385. The summed E-state index contributed by atoms with van der Waals surface area (Å²) in [4.78, 5) is 2.64. The molecule has 0 fully saturated rings. The number of hydrogen-bond donors (Lipinski definition) is 0. The Kier molecular flexibility index (Phi) is 8.04. The summed E-state index contributed by atoms with van der Waals surface area (Å²) in [6.45, 7) is 0. The van der Waals surface area contributed by atoms with Gasteiger partial charge in [-0.3, -0.25) is 0 Å². The molecule has 0 bridgehead atoms. The molecule has 1 unspecified atom stereocenters. The minimum Gasteiger partial charge on any atom is -0.326 e. The first-order valence-electron chi connectivity index (χ1n) is 18.7. The first-order valence-corrected chi connectivity index (χ1v) is 19.5. The molecule has 1 aliphatic carbocycles. The van der Waals surface area contributed by atoms with Crippen LogP contribution in [0.5, 0.6) is 0 Å². The highest BCUT2D eigenvalue weighted by Crippen LogP contribution is 2.55. The van der Waals surface area contributed by atoms with Gasteiger partial charge in [-0.25, -0.2) is 0 Å². The number of fused-ring (bicyclic) bond motifs is 4. The Morgan fingerprint density at radius 2 is 1.07 bits per heavy atom. The van der Waals surface area contributed by atoms with Crippen molar-refractivity contribution in [2.45, 2.75) is 12.0 Å². The van der Waals surface area contributed by atoms with E-state index in [1.54, 1.807) is 0 Å². The van der Waals surface area contributed by atoms with E-state index < -0.39 is 5.54 Å². The average Bonchev–Trinajstić information content (AvgIpc) is 3.64. The second-order valence-electron chi connectivity index (χ2n) is 14.0. The molecule has 0 N–H and O–H groups in total. The molecule has 2 heteroatoms. The fourth-order valence-electron chi connectivity index (χ4n) is 8.68. The van der Waals surface area contributed by atoms with E-state index in [2.05, 4.69) is 217 Å². The zero-order valence-corrected chi connectivity index (χ0v) is 30.6. The summed E-state index contributed by atoms with van der Waals surface area (Å²) in [5.41, 5.74) is 10.4. The summed E-state index contributed by atoms with van der Waals surface area (Å²) in [5.74, 6) is 0. The molecule has 0 saturated heterocycles. The lowest BCUT2D eigenvalue weighted by Crippen LogP contribution is -2.45. The van der Waals surface area contributed by atoms with Gasteiger partial charge in [-0.2, -0.15) is 0 Å². The maximum Gasteiger partial charge on any atom is 0.100 e. The number of rotatable bonds is 7. The van der Waals surface area contributed by atoms with E-state index in [1.807, 2.05) is 11.3 Å². The van der Waals surface area contributed by atoms with E-state index in [0.29, 0.717) is 0 Å². The van der Waals surface area contributed by atoms with E-state index in [0.717, 1.165) is 12.1 Å². The zero-order chi connectivity index (χ0) is 35.9. The number of allylic oxidation sites excluding steroid dienone is 2. The molecule has 256 valence electrons. The van der Waals surface area contributed by atoms with E-state index in [-0.39, 0.29) is 0 Å². The molecule has 0 aliphatic heterocycles. The van der Waals surface area contributed by atoms with Crippen molar-refractivity contribution in [2.75, 3.05) is 4.90 Å². The number of nitrogens with zero attached hydrogens (tertiary/aromatic N) is 1. The van der Waals surface area contributed by atoms with E-state index >= 15 is 0 Å². The quantitative estimate of drug-likeness (QED) is 0.159. The molecule has 1 atom stereocenters. The third-order valence-electron chi connectivity index (χ3n) is 11.0. The topological polar surface area (TPSA) is 3.24 Å². The molecule has 1 nitrogen and oxygen atoms in total. The fourth-order valence-corrected chi connectivity index (χ4v) is 9.81. The summed E-state index contributed by atoms with van der Waals surface area (Å²) in [6, 6.07) is 71.3. The molecular weight excluding hydrogens is 671 g/mol. The van der Waals surface area contributed by atoms with Crippen LogP contribution >= 0.6 is 11.3 Å². The van der Waals surface area contributed by atoms with Gasteiger partial charge in [0, 0.05) is 31.2 Å². The van der Waals surface area contributed by atoms with Gasteiger partial charge in [0.15, 0.2) is 0 Å². The predicted octanol–water partition coefficient (Wildman–Crippen LogP) is 14.6. The summed E-state index contributed by atoms with van der Waals surface area (Å²) >= 11 is 1.87. The Morgan fingerprint density at radius 1 is 0.463 bits per heavy atom. The second-order valence-corrected chi connectivity index (χ2v) is 15.1.